The minimum atomic E-state index is -0.0452. The Bertz CT molecular complexity index is 549. The summed E-state index contributed by atoms with van der Waals surface area (Å²) in [4.78, 5) is 17.5. The predicted octanol–water partition coefficient (Wildman–Crippen LogP) is 0.939. The second-order valence-corrected chi connectivity index (χ2v) is 6.35. The van der Waals surface area contributed by atoms with Crippen molar-refractivity contribution in [3.8, 4) is 6.19 Å². The maximum absolute atomic E-state index is 12.2. The third-order valence-corrected chi connectivity index (χ3v) is 4.91. The molecule has 112 valence electrons. The van der Waals surface area contributed by atoms with E-state index in [1.807, 2.05) is 6.19 Å². The number of nitrogens with one attached hydrogen (secondary N) is 3. The van der Waals surface area contributed by atoms with Crippen LogP contribution in [0.2, 0.25) is 0 Å². The molecule has 0 bridgehead atoms. The topological polar surface area (TPSA) is 99.1 Å². The first-order valence-electron chi connectivity index (χ1n) is 6.98. The van der Waals surface area contributed by atoms with Crippen LogP contribution in [-0.4, -0.2) is 30.3 Å². The Labute approximate surface area is 126 Å². The molecule has 2 fully saturated rings. The summed E-state index contributed by atoms with van der Waals surface area (Å²) in [6, 6.07) is 0.293. The number of nitriles is 1. The van der Waals surface area contributed by atoms with Crippen LogP contribution < -0.4 is 16.0 Å². The van der Waals surface area contributed by atoms with Gasteiger partial charge in [0.05, 0.1) is 19.4 Å². The molecule has 1 saturated heterocycles. The third-order valence-electron chi connectivity index (χ3n) is 3.89. The van der Waals surface area contributed by atoms with Gasteiger partial charge in [-0.15, -0.1) is 0 Å². The highest BCUT2D eigenvalue weighted by Crippen LogP contribution is 2.29. The van der Waals surface area contributed by atoms with Crippen molar-refractivity contribution in [1.29, 1.82) is 5.26 Å². The van der Waals surface area contributed by atoms with Crippen LogP contribution in [0, 0.1) is 17.4 Å². The second kappa shape index (κ2) is 6.39. The number of ether oxygens (including phenoxy) is 1. The molecule has 1 unspecified atom stereocenters. The molecule has 3 N–H and O–H groups in total. The first kappa shape index (κ1) is 14.3. The molecule has 7 nitrogen and oxygen atoms in total. The zero-order valence-electron chi connectivity index (χ0n) is 11.5. The Morgan fingerprint density at radius 3 is 3.24 bits per heavy atom. The van der Waals surface area contributed by atoms with E-state index in [-0.39, 0.29) is 23.9 Å². The van der Waals surface area contributed by atoms with Crippen LogP contribution in [0.4, 0.5) is 5.13 Å². The Kier molecular flexibility index (Phi) is 4.34. The van der Waals surface area contributed by atoms with Crippen molar-refractivity contribution in [3.05, 3.63) is 11.1 Å². The maximum atomic E-state index is 12.2. The highest BCUT2D eigenvalue weighted by Gasteiger charge is 2.30. The van der Waals surface area contributed by atoms with E-state index < -0.39 is 0 Å². The van der Waals surface area contributed by atoms with Gasteiger partial charge in [-0.05, 0) is 19.3 Å². The SMILES string of the molecule is N#CN[C@H]1CC[C@H](C(=O)Nc2ncc(C3COCN3)s2)C1. The molecule has 3 atom stereocenters. The lowest BCUT2D eigenvalue weighted by Gasteiger charge is -2.09. The van der Waals surface area contributed by atoms with Gasteiger partial charge in [0, 0.05) is 23.0 Å². The molecule has 1 aromatic rings. The van der Waals surface area contributed by atoms with Crippen molar-refractivity contribution in [1.82, 2.24) is 15.6 Å². The fourth-order valence-electron chi connectivity index (χ4n) is 2.73. The molecule has 1 aliphatic heterocycles. The normalized spacial score (nSPS) is 28.2. The van der Waals surface area contributed by atoms with Crippen LogP contribution in [0.15, 0.2) is 6.20 Å². The van der Waals surface area contributed by atoms with Gasteiger partial charge in [-0.1, -0.05) is 11.3 Å². The van der Waals surface area contributed by atoms with E-state index in [2.05, 4.69) is 20.9 Å². The Balaban J connectivity index is 1.54. The Morgan fingerprint density at radius 1 is 1.57 bits per heavy atom. The van der Waals surface area contributed by atoms with Gasteiger partial charge in [-0.2, -0.15) is 5.26 Å². The van der Waals surface area contributed by atoms with Crippen LogP contribution in [0.25, 0.3) is 0 Å². The number of hydrogen-bond donors (Lipinski definition) is 3. The molecule has 1 amide bonds. The van der Waals surface area contributed by atoms with Crippen molar-refractivity contribution >= 4 is 22.4 Å². The molecule has 1 aromatic heterocycles. The second-order valence-electron chi connectivity index (χ2n) is 5.29. The minimum absolute atomic E-state index is 0.00577. The lowest BCUT2D eigenvalue weighted by atomic mass is 10.1. The first-order chi connectivity index (χ1) is 10.3. The molecule has 0 spiro atoms. The molecular weight excluding hydrogens is 290 g/mol. The number of aromatic nitrogens is 1. The van der Waals surface area contributed by atoms with E-state index in [0.717, 1.165) is 17.7 Å². The number of amides is 1. The number of rotatable bonds is 4. The molecule has 0 aromatic carbocycles. The quantitative estimate of drug-likeness (QED) is 0.565. The van der Waals surface area contributed by atoms with E-state index in [1.165, 1.54) is 11.3 Å². The summed E-state index contributed by atoms with van der Waals surface area (Å²) in [5.74, 6) is -0.0510. The third kappa shape index (κ3) is 3.32. The van der Waals surface area contributed by atoms with E-state index in [0.29, 0.717) is 24.9 Å². The fourth-order valence-corrected chi connectivity index (χ4v) is 3.61. The van der Waals surface area contributed by atoms with Crippen molar-refractivity contribution in [2.45, 2.75) is 31.3 Å². The molecule has 1 aliphatic carbocycles. The van der Waals surface area contributed by atoms with Crippen molar-refractivity contribution < 1.29 is 9.53 Å². The Hall–Kier alpha value is -1.69. The fraction of sp³-hybridized carbons (Fsp3) is 0.615. The van der Waals surface area contributed by atoms with Crippen molar-refractivity contribution in [2.24, 2.45) is 5.92 Å². The number of carbonyl (C=O) groups excluding carboxylic acids is 1. The average Bonchev–Trinajstić information content (AvgIpc) is 3.20. The highest BCUT2D eigenvalue weighted by atomic mass is 32.1. The number of nitrogens with zero attached hydrogens (tertiary/aromatic N) is 2. The number of anilines is 1. The highest BCUT2D eigenvalue weighted by molar-refractivity contribution is 7.15. The summed E-state index contributed by atoms with van der Waals surface area (Å²) < 4.78 is 5.27. The van der Waals surface area contributed by atoms with Gasteiger partial charge in [-0.3, -0.25) is 10.1 Å². The smallest absolute Gasteiger partial charge is 0.229 e. The summed E-state index contributed by atoms with van der Waals surface area (Å²) in [5.41, 5.74) is 0. The molecule has 3 rings (SSSR count). The van der Waals surface area contributed by atoms with Crippen molar-refractivity contribution in [3.63, 3.8) is 0 Å². The zero-order chi connectivity index (χ0) is 14.7. The van der Waals surface area contributed by atoms with Gasteiger partial charge in [0.1, 0.15) is 0 Å². The number of hydrogen-bond acceptors (Lipinski definition) is 7. The monoisotopic (exact) mass is 307 g/mol. The van der Waals surface area contributed by atoms with Gasteiger partial charge in [0.15, 0.2) is 11.3 Å². The van der Waals surface area contributed by atoms with Crippen LogP contribution >= 0.6 is 11.3 Å². The van der Waals surface area contributed by atoms with E-state index >= 15 is 0 Å². The predicted molar refractivity (Wildman–Crippen MR) is 77.3 cm³/mol. The van der Waals surface area contributed by atoms with Crippen LogP contribution in [0.5, 0.6) is 0 Å². The van der Waals surface area contributed by atoms with Gasteiger partial charge in [0.25, 0.3) is 0 Å². The van der Waals surface area contributed by atoms with Gasteiger partial charge < -0.3 is 15.4 Å². The number of carbonyl (C=O) groups is 1. The Morgan fingerprint density at radius 2 is 2.48 bits per heavy atom. The summed E-state index contributed by atoms with van der Waals surface area (Å²) in [6.07, 6.45) is 6.09. The molecule has 1 saturated carbocycles. The summed E-state index contributed by atoms with van der Waals surface area (Å²) in [7, 11) is 0. The van der Waals surface area contributed by atoms with Gasteiger partial charge in [-0.25, -0.2) is 4.98 Å². The molecule has 0 radical (unpaired) electrons. The van der Waals surface area contributed by atoms with Crippen LogP contribution in [0.3, 0.4) is 0 Å². The maximum Gasteiger partial charge on any atom is 0.229 e. The van der Waals surface area contributed by atoms with Crippen molar-refractivity contribution in [2.75, 3.05) is 18.7 Å². The van der Waals surface area contributed by atoms with Crippen LogP contribution in [0.1, 0.15) is 30.2 Å². The lowest BCUT2D eigenvalue weighted by Crippen LogP contribution is -2.25. The largest absolute Gasteiger partial charge is 0.364 e. The van der Waals surface area contributed by atoms with E-state index in [9.17, 15) is 4.79 Å². The summed E-state index contributed by atoms with van der Waals surface area (Å²) >= 11 is 1.47. The van der Waals surface area contributed by atoms with E-state index in [1.54, 1.807) is 6.20 Å². The molecule has 21 heavy (non-hydrogen) atoms. The lowest BCUT2D eigenvalue weighted by molar-refractivity contribution is -0.119. The van der Waals surface area contributed by atoms with Crippen LogP contribution in [-0.2, 0) is 9.53 Å². The van der Waals surface area contributed by atoms with E-state index in [4.69, 9.17) is 10.00 Å². The molecule has 2 aliphatic rings. The molecule has 2 heterocycles. The van der Waals surface area contributed by atoms with Gasteiger partial charge in [0.2, 0.25) is 5.91 Å². The first-order valence-corrected chi connectivity index (χ1v) is 7.80. The van der Waals surface area contributed by atoms with Gasteiger partial charge >= 0.3 is 0 Å². The minimum Gasteiger partial charge on any atom is -0.364 e. The number of thiazole rings is 1. The zero-order valence-corrected chi connectivity index (χ0v) is 12.3. The summed E-state index contributed by atoms with van der Waals surface area (Å²) in [6.45, 7) is 1.19. The molecular formula is C13H17N5O2S. The average molecular weight is 307 g/mol. The standard InChI is InChI=1S/C13H17N5O2S/c14-6-16-9-2-1-8(3-9)12(19)18-13-15-4-11(21-13)10-5-20-7-17-10/h4,8-10,16-17H,1-3,5,7H2,(H,15,18,19)/t8-,9-,10?/m0/s1. The summed E-state index contributed by atoms with van der Waals surface area (Å²) in [5, 5.41) is 18.0. The molecule has 8 heteroatoms.